The Balaban J connectivity index is 2.54. The van der Waals surface area contributed by atoms with E-state index in [0.29, 0.717) is 43.5 Å². The summed E-state index contributed by atoms with van der Waals surface area (Å²) in [6.07, 6.45) is 0. The van der Waals surface area contributed by atoms with Crippen molar-refractivity contribution in [3.05, 3.63) is 23.8 Å². The minimum Gasteiger partial charge on any atom is -0.491 e. The van der Waals surface area contributed by atoms with Gasteiger partial charge in [0.25, 0.3) is 0 Å². The Hall–Kier alpha value is -1.67. The van der Waals surface area contributed by atoms with Gasteiger partial charge < -0.3 is 29.2 Å². The summed E-state index contributed by atoms with van der Waals surface area (Å²) in [7, 11) is 0. The van der Waals surface area contributed by atoms with E-state index in [1.165, 1.54) is 6.92 Å². The summed E-state index contributed by atoms with van der Waals surface area (Å²) in [6, 6.07) is 4.97. The molecule has 2 N–H and O–H groups in total. The smallest absolute Gasteiger partial charge is 0.160 e. The fraction of sp³-hybridized carbons (Fsp3) is 0.562. The molecule has 0 aliphatic rings. The molecule has 1 rings (SSSR count). The van der Waals surface area contributed by atoms with Crippen LogP contribution < -0.4 is 9.47 Å². The van der Waals surface area contributed by atoms with Gasteiger partial charge in [0.2, 0.25) is 0 Å². The van der Waals surface area contributed by atoms with Crippen LogP contribution in [0, 0.1) is 0 Å². The van der Waals surface area contributed by atoms with Crippen LogP contribution in [0.25, 0.3) is 0 Å². The maximum atomic E-state index is 11.6. The predicted octanol–water partition coefficient (Wildman–Crippen LogP) is 0.665. The number of hydrogen-bond acceptors (Lipinski definition) is 7. The van der Waals surface area contributed by atoms with E-state index in [1.807, 2.05) is 0 Å². The molecule has 0 unspecified atom stereocenters. The minimum absolute atomic E-state index is 0.0316. The lowest BCUT2D eigenvalue weighted by Gasteiger charge is -2.12. The number of ether oxygens (including phenoxy) is 4. The molecular formula is C16H24O7. The summed E-state index contributed by atoms with van der Waals surface area (Å²) in [5.41, 5.74) is 0.491. The molecule has 0 amide bonds. The molecule has 0 aliphatic heterocycles. The zero-order chi connectivity index (χ0) is 16.9. The third-order valence-electron chi connectivity index (χ3n) is 2.75. The first-order chi connectivity index (χ1) is 11.2. The van der Waals surface area contributed by atoms with Gasteiger partial charge in [-0.2, -0.15) is 0 Å². The molecular weight excluding hydrogens is 304 g/mol. The van der Waals surface area contributed by atoms with Crippen molar-refractivity contribution in [1.82, 2.24) is 0 Å². The van der Waals surface area contributed by atoms with Crippen LogP contribution in [0.1, 0.15) is 17.3 Å². The van der Waals surface area contributed by atoms with Gasteiger partial charge in [0.1, 0.15) is 24.7 Å². The molecule has 0 heterocycles. The SMILES string of the molecule is CC(=O)c1cc(OCCOCCO)cc(OCCOCCO)c1. The summed E-state index contributed by atoms with van der Waals surface area (Å²) in [6.45, 7) is 3.23. The van der Waals surface area contributed by atoms with Crippen molar-refractivity contribution in [3.8, 4) is 11.5 Å². The van der Waals surface area contributed by atoms with Gasteiger partial charge in [0.15, 0.2) is 5.78 Å². The van der Waals surface area contributed by atoms with E-state index >= 15 is 0 Å². The lowest BCUT2D eigenvalue weighted by molar-refractivity contribution is 0.0688. The van der Waals surface area contributed by atoms with Crippen LogP contribution in [0.2, 0.25) is 0 Å². The summed E-state index contributed by atoms with van der Waals surface area (Å²) in [5.74, 6) is 0.932. The van der Waals surface area contributed by atoms with Crippen LogP contribution in [0.4, 0.5) is 0 Å². The zero-order valence-electron chi connectivity index (χ0n) is 13.3. The summed E-state index contributed by atoms with van der Waals surface area (Å²) < 4.78 is 21.3. The van der Waals surface area contributed by atoms with E-state index < -0.39 is 0 Å². The number of aliphatic hydroxyl groups is 2. The van der Waals surface area contributed by atoms with Gasteiger partial charge in [-0.25, -0.2) is 0 Å². The normalized spacial score (nSPS) is 10.6. The lowest BCUT2D eigenvalue weighted by Crippen LogP contribution is -2.11. The molecule has 7 heteroatoms. The molecule has 0 fully saturated rings. The molecule has 1 aromatic carbocycles. The number of Topliss-reactive ketones (excluding diaryl/α,β-unsaturated/α-hetero) is 1. The highest BCUT2D eigenvalue weighted by Gasteiger charge is 2.07. The third kappa shape index (κ3) is 8.51. The van der Waals surface area contributed by atoms with Crippen molar-refractivity contribution >= 4 is 5.78 Å². The maximum Gasteiger partial charge on any atom is 0.160 e. The highest BCUT2D eigenvalue weighted by molar-refractivity contribution is 5.94. The first-order valence-electron chi connectivity index (χ1n) is 7.46. The molecule has 0 radical (unpaired) electrons. The summed E-state index contributed by atoms with van der Waals surface area (Å²) in [4.78, 5) is 11.6. The summed E-state index contributed by atoms with van der Waals surface area (Å²) >= 11 is 0. The van der Waals surface area contributed by atoms with E-state index in [0.717, 1.165) is 0 Å². The van der Waals surface area contributed by atoms with Crippen molar-refractivity contribution in [3.63, 3.8) is 0 Å². The highest BCUT2D eigenvalue weighted by atomic mass is 16.5. The second kappa shape index (κ2) is 11.8. The average Bonchev–Trinajstić information content (AvgIpc) is 2.54. The fourth-order valence-corrected chi connectivity index (χ4v) is 1.71. The summed E-state index contributed by atoms with van der Waals surface area (Å²) in [5, 5.41) is 17.2. The highest BCUT2D eigenvalue weighted by Crippen LogP contribution is 2.23. The van der Waals surface area contributed by atoms with Crippen molar-refractivity contribution in [1.29, 1.82) is 0 Å². The number of ketones is 1. The molecule has 130 valence electrons. The number of aliphatic hydroxyl groups excluding tert-OH is 2. The van der Waals surface area contributed by atoms with Gasteiger partial charge in [-0.3, -0.25) is 4.79 Å². The van der Waals surface area contributed by atoms with Crippen LogP contribution >= 0.6 is 0 Å². The lowest BCUT2D eigenvalue weighted by atomic mass is 10.1. The monoisotopic (exact) mass is 328 g/mol. The van der Waals surface area contributed by atoms with Gasteiger partial charge in [-0.05, 0) is 19.1 Å². The zero-order valence-corrected chi connectivity index (χ0v) is 13.3. The van der Waals surface area contributed by atoms with Gasteiger partial charge in [0, 0.05) is 11.6 Å². The van der Waals surface area contributed by atoms with Gasteiger partial charge in [-0.1, -0.05) is 0 Å². The molecule has 1 aromatic rings. The van der Waals surface area contributed by atoms with Gasteiger partial charge in [-0.15, -0.1) is 0 Å². The molecule has 0 saturated carbocycles. The van der Waals surface area contributed by atoms with Crippen molar-refractivity contribution in [2.45, 2.75) is 6.92 Å². The van der Waals surface area contributed by atoms with Crippen LogP contribution in [0.3, 0.4) is 0 Å². The molecule has 0 atom stereocenters. The van der Waals surface area contributed by atoms with Crippen LogP contribution in [-0.4, -0.2) is 68.9 Å². The topological polar surface area (TPSA) is 94.5 Å². The molecule has 23 heavy (non-hydrogen) atoms. The second-order valence-electron chi connectivity index (χ2n) is 4.62. The second-order valence-corrected chi connectivity index (χ2v) is 4.62. The minimum atomic E-state index is -0.0895. The Morgan fingerprint density at radius 3 is 1.70 bits per heavy atom. The maximum absolute atomic E-state index is 11.6. The van der Waals surface area contributed by atoms with Crippen molar-refractivity contribution in [2.24, 2.45) is 0 Å². The number of benzene rings is 1. The largest absolute Gasteiger partial charge is 0.491 e. The number of carbonyl (C=O) groups is 1. The van der Waals surface area contributed by atoms with E-state index in [1.54, 1.807) is 18.2 Å². The number of rotatable bonds is 13. The molecule has 0 bridgehead atoms. The standard InChI is InChI=1S/C16H24O7/c1-13(19)14-10-15(22-8-6-20-4-2-17)12-16(11-14)23-9-7-21-5-3-18/h10-12,17-18H,2-9H2,1H3. The quantitative estimate of drug-likeness (QED) is 0.406. The molecule has 0 aromatic heterocycles. The Morgan fingerprint density at radius 2 is 1.30 bits per heavy atom. The fourth-order valence-electron chi connectivity index (χ4n) is 1.71. The molecule has 7 nitrogen and oxygen atoms in total. The molecule has 0 aliphatic carbocycles. The predicted molar refractivity (Wildman–Crippen MR) is 83.2 cm³/mol. The third-order valence-corrected chi connectivity index (χ3v) is 2.75. The Labute approximate surface area is 135 Å². The molecule has 0 saturated heterocycles. The number of hydrogen-bond donors (Lipinski definition) is 2. The number of carbonyl (C=O) groups excluding carboxylic acids is 1. The molecule has 0 spiro atoms. The first kappa shape index (κ1) is 19.4. The van der Waals surface area contributed by atoms with Crippen LogP contribution in [0.5, 0.6) is 11.5 Å². The van der Waals surface area contributed by atoms with E-state index in [-0.39, 0.29) is 32.2 Å². The van der Waals surface area contributed by atoms with E-state index in [9.17, 15) is 4.79 Å². The van der Waals surface area contributed by atoms with Gasteiger partial charge in [0.05, 0.1) is 39.6 Å². The van der Waals surface area contributed by atoms with E-state index in [4.69, 9.17) is 29.2 Å². The van der Waals surface area contributed by atoms with Crippen molar-refractivity contribution in [2.75, 3.05) is 52.9 Å². The first-order valence-corrected chi connectivity index (χ1v) is 7.46. The van der Waals surface area contributed by atoms with E-state index in [2.05, 4.69) is 0 Å². The average molecular weight is 328 g/mol. The van der Waals surface area contributed by atoms with Gasteiger partial charge >= 0.3 is 0 Å². The Kier molecular flexibility index (Phi) is 9.97. The van der Waals surface area contributed by atoms with Crippen LogP contribution in [0.15, 0.2) is 18.2 Å². The van der Waals surface area contributed by atoms with Crippen LogP contribution in [-0.2, 0) is 9.47 Å². The van der Waals surface area contributed by atoms with Crippen molar-refractivity contribution < 1.29 is 34.0 Å². The Bertz CT molecular complexity index is 429. The Morgan fingerprint density at radius 1 is 0.826 bits per heavy atom.